The normalized spacial score (nSPS) is 15.7. The van der Waals surface area contributed by atoms with Crippen molar-refractivity contribution in [2.75, 3.05) is 20.1 Å². The number of likely N-dealkylation sites (tertiary alicyclic amines) is 1. The third-order valence-corrected chi connectivity index (χ3v) is 8.70. The Labute approximate surface area is 281 Å². The Balaban J connectivity index is 0.000000173. The van der Waals surface area contributed by atoms with Crippen LogP contribution < -0.4 is 16.2 Å². The van der Waals surface area contributed by atoms with Crippen LogP contribution in [0.2, 0.25) is 5.02 Å². The number of carbonyl (C=O) groups is 2. The Morgan fingerprint density at radius 1 is 0.894 bits per heavy atom. The maximum Gasteiger partial charge on any atom is 0.279 e. The maximum atomic E-state index is 13.5. The first-order chi connectivity index (χ1) is 22.5. The standard InChI is InChI=1S/C17H19NO2.C15H11ClF2O.C6H14N2/c18-17(19)10-12-5-6-14-11-16(8-7-13(14)9-12)20-15-3-1-2-4-15;16-14-7-3-12(4-8-14)11-1-5-13(6-2-11)15(17,18)9-10-19;1-8-4-2-6(7)3-5-8/h5-9,11,15H,1-4,10H2,(H2,18,19);1-8,10H,9H2;6H,2-5,7H2,1H3. The van der Waals surface area contributed by atoms with Gasteiger partial charge in [-0.25, -0.2) is 8.78 Å². The van der Waals surface area contributed by atoms with Gasteiger partial charge in [0.2, 0.25) is 5.91 Å². The number of fused-ring (bicyclic) bond motifs is 1. The molecule has 0 radical (unpaired) electrons. The number of benzene rings is 4. The van der Waals surface area contributed by atoms with Crippen molar-refractivity contribution < 1.29 is 23.1 Å². The monoisotopic (exact) mass is 663 g/mol. The van der Waals surface area contributed by atoms with Crippen molar-refractivity contribution in [3.63, 3.8) is 0 Å². The molecule has 0 spiro atoms. The van der Waals surface area contributed by atoms with E-state index in [0.717, 1.165) is 46.1 Å². The highest BCUT2D eigenvalue weighted by atomic mass is 35.5. The fourth-order valence-electron chi connectivity index (χ4n) is 5.66. The first-order valence-electron chi connectivity index (χ1n) is 16.1. The average molecular weight is 664 g/mol. The van der Waals surface area contributed by atoms with Crippen LogP contribution in [0.5, 0.6) is 5.75 Å². The van der Waals surface area contributed by atoms with Gasteiger partial charge in [0.1, 0.15) is 12.0 Å². The van der Waals surface area contributed by atoms with E-state index >= 15 is 0 Å². The second-order valence-corrected chi connectivity index (χ2v) is 12.7. The molecular formula is C38H44ClF2N3O3. The molecule has 1 heterocycles. The Kier molecular flexibility index (Phi) is 13.3. The Hall–Kier alpha value is -3.85. The van der Waals surface area contributed by atoms with Gasteiger partial charge in [0.05, 0.1) is 18.9 Å². The van der Waals surface area contributed by atoms with E-state index in [9.17, 15) is 18.4 Å². The molecule has 2 aliphatic rings. The smallest absolute Gasteiger partial charge is 0.279 e. The van der Waals surface area contributed by atoms with Crippen molar-refractivity contribution >= 4 is 34.6 Å². The number of hydrogen-bond acceptors (Lipinski definition) is 5. The summed E-state index contributed by atoms with van der Waals surface area (Å²) in [5, 5.41) is 2.87. The Morgan fingerprint density at radius 3 is 2.04 bits per heavy atom. The van der Waals surface area contributed by atoms with Crippen LogP contribution in [-0.2, 0) is 21.9 Å². The highest BCUT2D eigenvalue weighted by Crippen LogP contribution is 2.32. The van der Waals surface area contributed by atoms with Crippen molar-refractivity contribution in [1.82, 2.24) is 4.90 Å². The van der Waals surface area contributed by atoms with E-state index < -0.39 is 12.3 Å². The first-order valence-corrected chi connectivity index (χ1v) is 16.5. The van der Waals surface area contributed by atoms with Crippen molar-refractivity contribution in [3.8, 4) is 16.9 Å². The zero-order chi connectivity index (χ0) is 33.8. The van der Waals surface area contributed by atoms with Crippen molar-refractivity contribution in [2.45, 2.75) is 69.4 Å². The Bertz CT molecular complexity index is 1570. The lowest BCUT2D eigenvalue weighted by Crippen LogP contribution is -2.37. The molecular weight excluding hydrogens is 620 g/mol. The SMILES string of the molecule is CN1CCC(N)CC1.NC(=O)Cc1ccc2cc(OC3CCCC3)ccc2c1.O=CCC(F)(F)c1ccc(-c2ccc(Cl)cc2)cc1. The van der Waals surface area contributed by atoms with E-state index in [2.05, 4.69) is 18.0 Å². The fourth-order valence-corrected chi connectivity index (χ4v) is 5.78. The van der Waals surface area contributed by atoms with Crippen LogP contribution in [-0.4, -0.2) is 49.4 Å². The van der Waals surface area contributed by atoms with Crippen molar-refractivity contribution in [3.05, 3.63) is 101 Å². The summed E-state index contributed by atoms with van der Waals surface area (Å²) < 4.78 is 33.0. The molecule has 250 valence electrons. The summed E-state index contributed by atoms with van der Waals surface area (Å²) in [5.74, 6) is -2.47. The third-order valence-electron chi connectivity index (χ3n) is 8.45. The van der Waals surface area contributed by atoms with E-state index in [1.54, 1.807) is 24.3 Å². The van der Waals surface area contributed by atoms with Gasteiger partial charge < -0.3 is 25.9 Å². The molecule has 0 aromatic heterocycles. The van der Waals surface area contributed by atoms with Crippen LogP contribution in [0.15, 0.2) is 84.9 Å². The summed E-state index contributed by atoms with van der Waals surface area (Å²) in [4.78, 5) is 23.5. The summed E-state index contributed by atoms with van der Waals surface area (Å²) in [6, 6.07) is 25.6. The number of piperidine rings is 1. The summed E-state index contributed by atoms with van der Waals surface area (Å²) in [5.41, 5.74) is 13.4. The van der Waals surface area contributed by atoms with E-state index in [1.165, 1.54) is 50.9 Å². The van der Waals surface area contributed by atoms with Crippen LogP contribution in [0.3, 0.4) is 0 Å². The van der Waals surface area contributed by atoms with Gasteiger partial charge in [-0.2, -0.15) is 0 Å². The average Bonchev–Trinajstić information content (AvgIpc) is 3.56. The molecule has 1 saturated carbocycles. The molecule has 0 bridgehead atoms. The second-order valence-electron chi connectivity index (χ2n) is 12.3. The van der Waals surface area contributed by atoms with Crippen LogP contribution in [0.1, 0.15) is 56.1 Å². The Morgan fingerprint density at radius 2 is 1.47 bits per heavy atom. The minimum atomic E-state index is -3.11. The highest BCUT2D eigenvalue weighted by molar-refractivity contribution is 6.30. The molecule has 4 N–H and O–H groups in total. The molecule has 1 amide bonds. The quantitative estimate of drug-likeness (QED) is 0.187. The molecule has 0 atom stereocenters. The minimum Gasteiger partial charge on any atom is -0.490 e. The van der Waals surface area contributed by atoms with Gasteiger partial charge in [-0.3, -0.25) is 4.79 Å². The predicted octanol–water partition coefficient (Wildman–Crippen LogP) is 7.92. The van der Waals surface area contributed by atoms with Gasteiger partial charge in [-0.1, -0.05) is 72.3 Å². The summed E-state index contributed by atoms with van der Waals surface area (Å²) in [6.45, 7) is 2.36. The molecule has 1 aliphatic carbocycles. The molecule has 6 nitrogen and oxygen atoms in total. The summed E-state index contributed by atoms with van der Waals surface area (Å²) in [6.07, 6.45) is 7.32. The summed E-state index contributed by atoms with van der Waals surface area (Å²) >= 11 is 5.79. The molecule has 1 aliphatic heterocycles. The van der Waals surface area contributed by atoms with E-state index in [1.807, 2.05) is 42.5 Å². The predicted molar refractivity (Wildman–Crippen MR) is 186 cm³/mol. The lowest BCUT2D eigenvalue weighted by Gasteiger charge is -2.25. The van der Waals surface area contributed by atoms with E-state index in [4.69, 9.17) is 27.8 Å². The molecule has 2 fully saturated rings. The number of nitrogens with two attached hydrogens (primary N) is 2. The number of rotatable bonds is 8. The van der Waals surface area contributed by atoms with E-state index in [-0.39, 0.29) is 24.2 Å². The topological polar surface area (TPSA) is 98.7 Å². The zero-order valence-electron chi connectivity index (χ0n) is 26.8. The van der Waals surface area contributed by atoms with Crippen LogP contribution in [0.25, 0.3) is 21.9 Å². The van der Waals surface area contributed by atoms with Gasteiger partial charge in [0.15, 0.2) is 0 Å². The van der Waals surface area contributed by atoms with Crippen LogP contribution in [0.4, 0.5) is 8.78 Å². The van der Waals surface area contributed by atoms with Gasteiger partial charge in [0, 0.05) is 16.6 Å². The third kappa shape index (κ3) is 11.4. The van der Waals surface area contributed by atoms with Crippen LogP contribution >= 0.6 is 11.6 Å². The van der Waals surface area contributed by atoms with Gasteiger partial charge >= 0.3 is 0 Å². The first kappa shape index (κ1) is 36.0. The van der Waals surface area contributed by atoms with E-state index in [0.29, 0.717) is 17.2 Å². The minimum absolute atomic E-state index is 0.155. The largest absolute Gasteiger partial charge is 0.490 e. The molecule has 9 heteroatoms. The number of primary amides is 1. The highest BCUT2D eigenvalue weighted by Gasteiger charge is 2.30. The number of carbonyl (C=O) groups excluding carboxylic acids is 2. The van der Waals surface area contributed by atoms with Gasteiger partial charge in [0.25, 0.3) is 5.92 Å². The lowest BCUT2D eigenvalue weighted by atomic mass is 10.0. The van der Waals surface area contributed by atoms with Gasteiger partial charge in [-0.15, -0.1) is 0 Å². The number of ether oxygens (including phenoxy) is 1. The molecule has 4 aromatic carbocycles. The number of hydrogen-bond donors (Lipinski definition) is 2. The summed E-state index contributed by atoms with van der Waals surface area (Å²) in [7, 11) is 2.14. The van der Waals surface area contributed by atoms with Crippen LogP contribution in [0, 0.1) is 0 Å². The number of alkyl halides is 2. The molecule has 6 rings (SSSR count). The lowest BCUT2D eigenvalue weighted by molar-refractivity contribution is -0.117. The van der Waals surface area contributed by atoms with Crippen molar-refractivity contribution in [2.24, 2.45) is 11.5 Å². The molecule has 0 unspecified atom stereocenters. The number of aldehydes is 1. The zero-order valence-corrected chi connectivity index (χ0v) is 27.6. The number of amides is 1. The number of halogens is 3. The maximum absolute atomic E-state index is 13.5. The molecule has 1 saturated heterocycles. The second kappa shape index (κ2) is 17.3. The van der Waals surface area contributed by atoms with Gasteiger partial charge in [-0.05, 0) is 110 Å². The molecule has 4 aromatic rings. The van der Waals surface area contributed by atoms with Crippen molar-refractivity contribution in [1.29, 1.82) is 0 Å². The fraction of sp³-hybridized carbons (Fsp3) is 0.368. The number of nitrogens with zero attached hydrogens (tertiary/aromatic N) is 1. The molecule has 47 heavy (non-hydrogen) atoms.